The number of hydrogen-bond donors (Lipinski definition) is 0. The van der Waals surface area contributed by atoms with Crippen molar-refractivity contribution in [3.63, 3.8) is 0 Å². The van der Waals surface area contributed by atoms with Gasteiger partial charge in [-0.15, -0.1) is 0 Å². The summed E-state index contributed by atoms with van der Waals surface area (Å²) in [4.78, 5) is 0. The van der Waals surface area contributed by atoms with Gasteiger partial charge in [-0.05, 0) is 0 Å². The summed E-state index contributed by atoms with van der Waals surface area (Å²) < 4.78 is 17.2. The second kappa shape index (κ2) is 328. The van der Waals surface area contributed by atoms with E-state index in [1.165, 1.54) is 0 Å². The molecule has 2 nitrogen and oxygen atoms in total. The van der Waals surface area contributed by atoms with Crippen molar-refractivity contribution in [1.82, 2.24) is 0 Å². The van der Waals surface area contributed by atoms with Crippen LogP contribution in [0.1, 0.15) is 0 Å². The van der Waals surface area contributed by atoms with Gasteiger partial charge in [-0.25, -0.2) is 0 Å². The summed E-state index contributed by atoms with van der Waals surface area (Å²) in [5, 5.41) is 0. The second-order valence-electron chi connectivity index (χ2n) is 0.0833. The topological polar surface area (TPSA) is 34.1 Å². The zero-order chi connectivity index (χ0) is 2.71. The molecule has 0 atom stereocenters. The quantitative estimate of drug-likeness (QED) is 0.243. The molecule has 0 radical (unpaired) electrons. The Kier molecular flexibility index (Phi) is 5360. The fourth-order valence-corrected chi connectivity index (χ4v) is 0. The molecule has 0 rings (SSSR count). The van der Waals surface area contributed by atoms with Gasteiger partial charge >= 0.3 is 32.3 Å². The Morgan fingerprint density at radius 3 is 0.500 bits per heavy atom. The minimum Gasteiger partial charge on any atom is 0 e. The van der Waals surface area contributed by atoms with E-state index in [1.807, 2.05) is 0 Å². The van der Waals surface area contributed by atoms with Crippen molar-refractivity contribution in [2.75, 3.05) is 0 Å². The van der Waals surface area contributed by atoms with Gasteiger partial charge < -0.3 is 37.6 Å². The van der Waals surface area contributed by atoms with Gasteiger partial charge in [0.1, 0.15) is 0 Å². The first-order valence-electron chi connectivity index (χ1n) is 0.408. The van der Waals surface area contributed by atoms with Gasteiger partial charge in [0, 0.05) is 31.1 Å². The minimum atomic E-state index is -2.51. The van der Waals surface area contributed by atoms with Crippen LogP contribution in [0.5, 0.6) is 0 Å². The van der Waals surface area contributed by atoms with Gasteiger partial charge in [-0.1, -0.05) is 0 Å². The molecular weight excluding hydrogens is 660 g/mol. The van der Waals surface area contributed by atoms with Gasteiger partial charge in [-0.3, -0.25) is 0 Å². The molecule has 0 amide bonds. The number of hydrogen-bond acceptors (Lipinski definition) is 2. The standard InChI is InChI=1S/8FH.2O.2U/h8*1H;;;;/q;;;;;;;;;;;+2/p-8. The average Bonchev–Trinajstić information content (AvgIpc) is 0.918. The second-order valence-corrected chi connectivity index (χ2v) is 0.777. The van der Waals surface area contributed by atoms with E-state index >= 15 is 0 Å². The molecule has 0 aliphatic heterocycles. The van der Waals surface area contributed by atoms with Gasteiger partial charge in [-0.2, -0.15) is 0 Å². The number of rotatable bonds is 0. The molecular formula is F8O2U2-6. The normalized spacial score (nSPS) is 0.667. The summed E-state index contributed by atoms with van der Waals surface area (Å²) in [5.74, 6) is 0. The Hall–Kier alpha value is 1.14. The van der Waals surface area contributed by atoms with Crippen LogP contribution < -0.4 is 37.6 Å². The van der Waals surface area contributed by atoms with Gasteiger partial charge in [0.25, 0.3) is 0 Å². The van der Waals surface area contributed by atoms with E-state index < -0.39 is 27.8 Å². The van der Waals surface area contributed by atoms with Crippen LogP contribution in [0.15, 0.2) is 0 Å². The van der Waals surface area contributed by atoms with Gasteiger partial charge in [0.15, 0.2) is 0 Å². The van der Waals surface area contributed by atoms with Crippen molar-refractivity contribution in [2.45, 2.75) is 0 Å². The van der Waals surface area contributed by atoms with Crippen LogP contribution in [0.3, 0.4) is 0 Å². The molecule has 0 saturated carbocycles. The summed E-state index contributed by atoms with van der Waals surface area (Å²) in [6.07, 6.45) is 0. The molecule has 0 spiro atoms. The Balaban J connectivity index is -0.000000000556. The summed E-state index contributed by atoms with van der Waals surface area (Å²) >= 11 is -2.51. The van der Waals surface area contributed by atoms with E-state index in [0.717, 1.165) is 0 Å². The summed E-state index contributed by atoms with van der Waals surface area (Å²) in [7, 11) is 0. The van der Waals surface area contributed by atoms with Crippen LogP contribution in [-0.2, 0) is 4.47 Å². The van der Waals surface area contributed by atoms with Crippen molar-refractivity contribution in [3.05, 3.63) is 0 Å². The fraction of sp³-hybridized carbons (Fsp3) is 0. The summed E-state index contributed by atoms with van der Waals surface area (Å²) in [6, 6.07) is 0. The molecule has 0 N–H and O–H groups in total. The predicted octanol–water partition coefficient (Wildman–Crippen LogP) is -24.2. The third-order valence-electron chi connectivity index (χ3n) is 0. The molecule has 0 bridgehead atoms. The largest absolute Gasteiger partial charge is 0 e. The van der Waals surface area contributed by atoms with E-state index in [0.29, 0.717) is 0 Å². The van der Waals surface area contributed by atoms with E-state index in [4.69, 9.17) is 4.47 Å². The zero-order valence-corrected chi connectivity index (χ0v) is 13.2. The van der Waals surface area contributed by atoms with Crippen LogP contribution >= 0.6 is 0 Å². The molecule has 0 unspecified atom stereocenters. The van der Waals surface area contributed by atoms with Crippen molar-refractivity contribution in [2.24, 2.45) is 0 Å². The molecule has 0 fully saturated rings. The molecule has 0 saturated heterocycles. The molecule has 12 heteroatoms. The van der Waals surface area contributed by atoms with Crippen molar-refractivity contribution >= 4 is 0 Å². The zero-order valence-electron chi connectivity index (χ0n) is 4.84. The average molecular weight is 660 g/mol. The first kappa shape index (κ1) is 196. The van der Waals surface area contributed by atoms with Crippen LogP contribution in [0.4, 0.5) is 0 Å². The van der Waals surface area contributed by atoms with E-state index in [-0.39, 0.29) is 68.7 Å². The van der Waals surface area contributed by atoms with Gasteiger partial charge in [0.2, 0.25) is 0 Å². The Labute approximate surface area is 100 Å². The molecule has 0 aromatic heterocycles. The summed E-state index contributed by atoms with van der Waals surface area (Å²) in [5.41, 5.74) is 0. The first-order valence-corrected chi connectivity index (χ1v) is 3.81. The predicted molar refractivity (Wildman–Crippen MR) is 1.37 cm³/mol. The molecule has 0 heterocycles. The van der Waals surface area contributed by atoms with E-state index in [1.54, 1.807) is 0 Å². The Morgan fingerprint density at radius 1 is 0.500 bits per heavy atom. The smallest absolute Gasteiger partial charge is 0 e. The maximum atomic E-state index is 8.58. The SMILES string of the molecule is [F-].[F-].[F-].[F-].[F-].[F-].[F-].[F-].[O]=[U+2]=[O].[U]. The molecule has 0 aromatic rings. The molecule has 0 aromatic carbocycles. The summed E-state index contributed by atoms with van der Waals surface area (Å²) in [6.45, 7) is 0. The van der Waals surface area contributed by atoms with Crippen LogP contribution in [0.2, 0.25) is 0 Å². The Bertz CT molecular complexity index is 36.0. The molecule has 0 aliphatic rings. The molecule has 0 aliphatic carbocycles. The first-order chi connectivity index (χ1) is 1.41. The van der Waals surface area contributed by atoms with E-state index in [9.17, 15) is 0 Å². The minimum absolute atomic E-state index is 0. The number of halogens is 8. The third kappa shape index (κ3) is 876. The maximum Gasteiger partial charge on any atom is 0 e. The van der Waals surface area contributed by atoms with Crippen molar-refractivity contribution in [3.8, 4) is 0 Å². The maximum absolute atomic E-state index is 8.58. The van der Waals surface area contributed by atoms with Crippen molar-refractivity contribution in [1.29, 1.82) is 0 Å². The molecule has 82 valence electrons. The fourth-order valence-electron chi connectivity index (χ4n) is 0. The van der Waals surface area contributed by atoms with Crippen molar-refractivity contribution < 1.29 is 101 Å². The third-order valence-corrected chi connectivity index (χ3v) is 0. The van der Waals surface area contributed by atoms with Crippen LogP contribution in [-0.4, -0.2) is 0 Å². The van der Waals surface area contributed by atoms with E-state index in [2.05, 4.69) is 0 Å². The monoisotopic (exact) mass is 660 g/mol. The Morgan fingerprint density at radius 2 is 0.500 bits per heavy atom. The van der Waals surface area contributed by atoms with Crippen LogP contribution in [0.25, 0.3) is 0 Å². The van der Waals surface area contributed by atoms with Crippen LogP contribution in [0, 0.1) is 58.9 Å². The van der Waals surface area contributed by atoms with Gasteiger partial charge in [0.05, 0.1) is 0 Å². The molecule has 12 heavy (non-hydrogen) atoms.